The van der Waals surface area contributed by atoms with E-state index in [2.05, 4.69) is 10.4 Å². The lowest BCUT2D eigenvalue weighted by atomic mass is 10.1. The Hall–Kier alpha value is -2.73. The molecule has 2 heterocycles. The average Bonchev–Trinajstić information content (AvgIpc) is 3.25. The Bertz CT molecular complexity index is 903. The topological polar surface area (TPSA) is 69.3 Å². The van der Waals surface area contributed by atoms with Crippen molar-refractivity contribution in [3.05, 3.63) is 70.4 Å². The predicted octanol–water partition coefficient (Wildman–Crippen LogP) is 3.77. The molecule has 1 unspecified atom stereocenters. The van der Waals surface area contributed by atoms with Crippen molar-refractivity contribution >= 4 is 17.5 Å². The normalized spacial score (nSPS) is 12.0. The second-order valence-electron chi connectivity index (χ2n) is 5.96. The fraction of sp³-hybridized carbons (Fsp3) is 0.263. The standard InChI is InChI=1S/C19H20ClN3O3/c1-12-9-13(2)23(22-12)16(18-5-4-8-26-18)11-21-19(24)15-10-14(20)6-7-17(15)25-3/h4-10,16H,11H2,1-3H3,(H,21,24). The Morgan fingerprint density at radius 3 is 2.77 bits per heavy atom. The number of hydrogen-bond donors (Lipinski definition) is 1. The molecule has 7 heteroatoms. The lowest BCUT2D eigenvalue weighted by Gasteiger charge is -2.18. The summed E-state index contributed by atoms with van der Waals surface area (Å²) in [6, 6.07) is 10.3. The summed E-state index contributed by atoms with van der Waals surface area (Å²) in [7, 11) is 1.52. The number of ether oxygens (including phenoxy) is 1. The minimum atomic E-state index is -0.276. The number of hydrogen-bond acceptors (Lipinski definition) is 4. The number of rotatable bonds is 6. The summed E-state index contributed by atoms with van der Waals surface area (Å²) in [5, 5.41) is 7.92. The summed E-state index contributed by atoms with van der Waals surface area (Å²) in [5.74, 6) is 0.907. The fourth-order valence-electron chi connectivity index (χ4n) is 2.89. The lowest BCUT2D eigenvalue weighted by molar-refractivity contribution is 0.0945. The monoisotopic (exact) mass is 373 g/mol. The third kappa shape index (κ3) is 3.75. The molecule has 0 aliphatic rings. The van der Waals surface area contributed by atoms with E-state index in [1.54, 1.807) is 24.5 Å². The van der Waals surface area contributed by atoms with Crippen molar-refractivity contribution < 1.29 is 13.9 Å². The highest BCUT2D eigenvalue weighted by atomic mass is 35.5. The summed E-state index contributed by atoms with van der Waals surface area (Å²) in [6.07, 6.45) is 1.61. The Labute approximate surface area is 156 Å². The maximum Gasteiger partial charge on any atom is 0.255 e. The highest BCUT2D eigenvalue weighted by Gasteiger charge is 2.22. The quantitative estimate of drug-likeness (QED) is 0.714. The summed E-state index contributed by atoms with van der Waals surface area (Å²) in [5.41, 5.74) is 2.27. The SMILES string of the molecule is COc1ccc(Cl)cc1C(=O)NCC(c1ccco1)n1nc(C)cc1C. The molecule has 2 aromatic heterocycles. The van der Waals surface area contributed by atoms with Gasteiger partial charge in [-0.05, 0) is 50.2 Å². The van der Waals surface area contributed by atoms with E-state index in [0.717, 1.165) is 17.1 Å². The van der Waals surface area contributed by atoms with Crippen LogP contribution in [0.4, 0.5) is 0 Å². The molecular weight excluding hydrogens is 354 g/mol. The van der Waals surface area contributed by atoms with Gasteiger partial charge >= 0.3 is 0 Å². The van der Waals surface area contributed by atoms with Crippen molar-refractivity contribution in [2.24, 2.45) is 0 Å². The number of nitrogens with zero attached hydrogens (tertiary/aromatic N) is 2. The van der Waals surface area contributed by atoms with Crippen LogP contribution in [0.25, 0.3) is 0 Å². The van der Waals surface area contributed by atoms with Crippen LogP contribution in [0.5, 0.6) is 5.75 Å². The van der Waals surface area contributed by atoms with Gasteiger partial charge in [-0.1, -0.05) is 11.6 Å². The Morgan fingerprint density at radius 1 is 1.35 bits per heavy atom. The summed E-state index contributed by atoms with van der Waals surface area (Å²) in [4.78, 5) is 12.7. The molecular formula is C19H20ClN3O3. The largest absolute Gasteiger partial charge is 0.496 e. The van der Waals surface area contributed by atoms with Crippen LogP contribution in [-0.2, 0) is 0 Å². The molecule has 3 rings (SSSR count). The van der Waals surface area contributed by atoms with Crippen molar-refractivity contribution in [3.63, 3.8) is 0 Å². The van der Waals surface area contributed by atoms with E-state index in [0.29, 0.717) is 22.9 Å². The van der Waals surface area contributed by atoms with E-state index >= 15 is 0 Å². The number of nitrogens with one attached hydrogen (secondary N) is 1. The first-order chi connectivity index (χ1) is 12.5. The third-order valence-corrected chi connectivity index (χ3v) is 4.31. The van der Waals surface area contributed by atoms with Crippen LogP contribution in [-0.4, -0.2) is 29.3 Å². The Kier molecular flexibility index (Phi) is 5.32. The van der Waals surface area contributed by atoms with E-state index in [-0.39, 0.29) is 11.9 Å². The highest BCUT2D eigenvalue weighted by molar-refractivity contribution is 6.31. The predicted molar refractivity (Wildman–Crippen MR) is 98.9 cm³/mol. The van der Waals surface area contributed by atoms with Crippen molar-refractivity contribution in [2.75, 3.05) is 13.7 Å². The molecule has 1 aromatic carbocycles. The van der Waals surface area contributed by atoms with Crippen molar-refractivity contribution in [2.45, 2.75) is 19.9 Å². The number of furan rings is 1. The molecule has 3 aromatic rings. The molecule has 6 nitrogen and oxygen atoms in total. The number of aromatic nitrogens is 2. The van der Waals surface area contributed by atoms with Crippen LogP contribution in [0.15, 0.2) is 47.1 Å². The smallest absolute Gasteiger partial charge is 0.255 e. The van der Waals surface area contributed by atoms with E-state index in [4.69, 9.17) is 20.8 Å². The minimum absolute atomic E-state index is 0.257. The molecule has 0 saturated heterocycles. The molecule has 26 heavy (non-hydrogen) atoms. The van der Waals surface area contributed by atoms with E-state index in [9.17, 15) is 4.79 Å². The summed E-state index contributed by atoms with van der Waals surface area (Å²) in [6.45, 7) is 4.21. The number of carbonyl (C=O) groups excluding carboxylic acids is 1. The number of aryl methyl sites for hydroxylation is 2. The Morgan fingerprint density at radius 2 is 2.15 bits per heavy atom. The fourth-order valence-corrected chi connectivity index (χ4v) is 3.06. The van der Waals surface area contributed by atoms with Crippen LogP contribution in [0, 0.1) is 13.8 Å². The zero-order valence-corrected chi connectivity index (χ0v) is 15.6. The van der Waals surface area contributed by atoms with Gasteiger partial charge in [-0.2, -0.15) is 5.10 Å². The Balaban J connectivity index is 1.84. The van der Waals surface area contributed by atoms with E-state index < -0.39 is 0 Å². The van der Waals surface area contributed by atoms with Gasteiger partial charge in [0.1, 0.15) is 17.6 Å². The second-order valence-corrected chi connectivity index (χ2v) is 6.39. The first kappa shape index (κ1) is 18.1. The summed E-state index contributed by atoms with van der Waals surface area (Å²) >= 11 is 6.02. The van der Waals surface area contributed by atoms with Gasteiger partial charge in [0.2, 0.25) is 0 Å². The van der Waals surface area contributed by atoms with Gasteiger partial charge in [0.25, 0.3) is 5.91 Å². The minimum Gasteiger partial charge on any atom is -0.496 e. The molecule has 0 bridgehead atoms. The number of methoxy groups -OCH3 is 1. The van der Waals surface area contributed by atoms with Crippen LogP contribution in [0.2, 0.25) is 5.02 Å². The van der Waals surface area contributed by atoms with Gasteiger partial charge in [-0.25, -0.2) is 0 Å². The average molecular weight is 374 g/mol. The van der Waals surface area contributed by atoms with Gasteiger partial charge in [-0.15, -0.1) is 0 Å². The first-order valence-corrected chi connectivity index (χ1v) is 8.55. The highest BCUT2D eigenvalue weighted by Crippen LogP contribution is 2.24. The maximum absolute atomic E-state index is 12.7. The van der Waals surface area contributed by atoms with Crippen molar-refractivity contribution in [1.82, 2.24) is 15.1 Å². The molecule has 1 amide bonds. The molecule has 136 valence electrons. The number of benzene rings is 1. The number of amides is 1. The lowest BCUT2D eigenvalue weighted by Crippen LogP contribution is -2.32. The maximum atomic E-state index is 12.7. The molecule has 0 fully saturated rings. The molecule has 1 atom stereocenters. The van der Waals surface area contributed by atoms with Gasteiger partial charge < -0.3 is 14.5 Å². The van der Waals surface area contributed by atoms with E-state index in [1.807, 2.05) is 36.7 Å². The number of carbonyl (C=O) groups is 1. The zero-order chi connectivity index (χ0) is 18.7. The van der Waals surface area contributed by atoms with Crippen LogP contribution in [0.3, 0.4) is 0 Å². The first-order valence-electron chi connectivity index (χ1n) is 8.17. The second kappa shape index (κ2) is 7.66. The molecule has 0 spiro atoms. The van der Waals surface area contributed by atoms with Crippen molar-refractivity contribution in [3.8, 4) is 5.75 Å². The van der Waals surface area contributed by atoms with Gasteiger partial charge in [0.15, 0.2) is 0 Å². The van der Waals surface area contributed by atoms with Crippen molar-refractivity contribution in [1.29, 1.82) is 0 Å². The van der Waals surface area contributed by atoms with Gasteiger partial charge in [-0.3, -0.25) is 9.48 Å². The van der Waals surface area contributed by atoms with Crippen LogP contribution >= 0.6 is 11.6 Å². The molecule has 0 saturated carbocycles. The third-order valence-electron chi connectivity index (χ3n) is 4.07. The molecule has 0 aliphatic carbocycles. The molecule has 0 radical (unpaired) electrons. The van der Waals surface area contributed by atoms with Crippen LogP contribution in [0.1, 0.15) is 33.5 Å². The molecule has 1 N–H and O–H groups in total. The van der Waals surface area contributed by atoms with Crippen LogP contribution < -0.4 is 10.1 Å². The molecule has 0 aliphatic heterocycles. The summed E-state index contributed by atoms with van der Waals surface area (Å²) < 4.78 is 12.7. The van der Waals surface area contributed by atoms with E-state index in [1.165, 1.54) is 7.11 Å². The zero-order valence-electron chi connectivity index (χ0n) is 14.8. The number of halogens is 1. The van der Waals surface area contributed by atoms with Gasteiger partial charge in [0, 0.05) is 17.3 Å². The van der Waals surface area contributed by atoms with Gasteiger partial charge in [0.05, 0.1) is 24.6 Å².